The molecule has 2 amide bonds. The Labute approximate surface area is 193 Å². The summed E-state index contributed by atoms with van der Waals surface area (Å²) >= 11 is 1.22. The Morgan fingerprint density at radius 3 is 2.73 bits per heavy atom. The molecule has 0 aromatic carbocycles. The van der Waals surface area contributed by atoms with Gasteiger partial charge in [0, 0.05) is 30.1 Å². The minimum Gasteiger partial charge on any atom is -0.485 e. The van der Waals surface area contributed by atoms with Crippen LogP contribution in [0, 0.1) is 0 Å². The summed E-state index contributed by atoms with van der Waals surface area (Å²) in [4.78, 5) is 29.8. The quantitative estimate of drug-likeness (QED) is 0.480. The topological polar surface area (TPSA) is 128 Å². The first-order valence-electron chi connectivity index (χ1n) is 11.0. The van der Waals surface area contributed by atoms with Crippen molar-refractivity contribution in [2.75, 3.05) is 26.3 Å². The lowest BCUT2D eigenvalue weighted by Gasteiger charge is -2.16. The van der Waals surface area contributed by atoms with Gasteiger partial charge in [-0.25, -0.2) is 9.67 Å². The van der Waals surface area contributed by atoms with Crippen LogP contribution >= 0.6 is 11.3 Å². The second-order valence-corrected chi connectivity index (χ2v) is 9.07. The minimum absolute atomic E-state index is 0.0132. The number of thiophene rings is 1. The Kier molecular flexibility index (Phi) is 6.14. The number of carbonyl (C=O) groups is 2. The second kappa shape index (κ2) is 9.36. The third-order valence-electron chi connectivity index (χ3n) is 5.87. The van der Waals surface area contributed by atoms with Crippen LogP contribution in [0.2, 0.25) is 0 Å². The van der Waals surface area contributed by atoms with Crippen LogP contribution in [-0.4, -0.2) is 64.1 Å². The molecule has 1 unspecified atom stereocenters. The van der Waals surface area contributed by atoms with Gasteiger partial charge in [-0.1, -0.05) is 12.8 Å². The van der Waals surface area contributed by atoms with Gasteiger partial charge in [-0.2, -0.15) is 5.10 Å². The molecule has 1 aliphatic heterocycles. The zero-order valence-corrected chi connectivity index (χ0v) is 18.8. The number of rotatable bonds is 7. The predicted octanol–water partition coefficient (Wildman–Crippen LogP) is 1.90. The van der Waals surface area contributed by atoms with Crippen LogP contribution in [0.4, 0.5) is 0 Å². The average Bonchev–Trinajstić information content (AvgIpc) is 3.59. The van der Waals surface area contributed by atoms with Crippen LogP contribution in [0.15, 0.2) is 23.8 Å². The van der Waals surface area contributed by atoms with Crippen LogP contribution in [0.5, 0.6) is 11.5 Å². The maximum atomic E-state index is 12.5. The van der Waals surface area contributed by atoms with Crippen molar-refractivity contribution in [3.8, 4) is 11.5 Å². The van der Waals surface area contributed by atoms with Crippen molar-refractivity contribution < 1.29 is 24.2 Å². The highest BCUT2D eigenvalue weighted by atomic mass is 32.1. The van der Waals surface area contributed by atoms with E-state index in [0.717, 1.165) is 23.9 Å². The van der Waals surface area contributed by atoms with Crippen molar-refractivity contribution in [3.63, 3.8) is 0 Å². The number of aliphatic hydroxyl groups is 1. The van der Waals surface area contributed by atoms with Crippen molar-refractivity contribution in [1.29, 1.82) is 0 Å². The zero-order chi connectivity index (χ0) is 22.8. The Bertz CT molecular complexity index is 1170. The van der Waals surface area contributed by atoms with Crippen molar-refractivity contribution in [2.24, 2.45) is 0 Å². The van der Waals surface area contributed by atoms with E-state index in [1.54, 1.807) is 17.6 Å². The molecule has 1 fully saturated rings. The summed E-state index contributed by atoms with van der Waals surface area (Å²) in [5, 5.41) is 22.6. The summed E-state index contributed by atoms with van der Waals surface area (Å²) in [6, 6.07) is 2.13. The van der Waals surface area contributed by atoms with Crippen LogP contribution in [0.3, 0.4) is 0 Å². The first-order valence-corrected chi connectivity index (χ1v) is 11.9. The molecule has 174 valence electrons. The largest absolute Gasteiger partial charge is 0.485 e. The SMILES string of the molecule is O=C(NCC(O)CNC(=O)c1scc2c1OCCO2)c1cnc2c(cnn2C2CCCC2)c1. The molecule has 1 saturated carbocycles. The van der Waals surface area contributed by atoms with E-state index in [-0.39, 0.29) is 24.9 Å². The number of nitrogens with zero attached hydrogens (tertiary/aromatic N) is 3. The maximum absolute atomic E-state index is 12.5. The van der Waals surface area contributed by atoms with E-state index < -0.39 is 6.10 Å². The molecule has 3 aromatic heterocycles. The number of pyridine rings is 1. The monoisotopic (exact) mass is 471 g/mol. The molecule has 11 heteroatoms. The summed E-state index contributed by atoms with van der Waals surface area (Å²) in [6.07, 6.45) is 6.92. The lowest BCUT2D eigenvalue weighted by atomic mass is 10.2. The van der Waals surface area contributed by atoms with E-state index in [2.05, 4.69) is 20.7 Å². The van der Waals surface area contributed by atoms with Gasteiger partial charge in [-0.05, 0) is 18.9 Å². The number of hydrogen-bond donors (Lipinski definition) is 3. The van der Waals surface area contributed by atoms with Crippen molar-refractivity contribution >= 4 is 34.2 Å². The molecule has 3 aromatic rings. The summed E-state index contributed by atoms with van der Waals surface area (Å²) in [5.41, 5.74) is 1.18. The fourth-order valence-corrected chi connectivity index (χ4v) is 5.02. The number of amides is 2. The minimum atomic E-state index is -0.951. The summed E-state index contributed by atoms with van der Waals surface area (Å²) < 4.78 is 12.9. The van der Waals surface area contributed by atoms with Crippen molar-refractivity contribution in [3.05, 3.63) is 34.3 Å². The summed E-state index contributed by atoms with van der Waals surface area (Å²) in [5.74, 6) is 0.293. The van der Waals surface area contributed by atoms with Gasteiger partial charge in [0.2, 0.25) is 0 Å². The van der Waals surface area contributed by atoms with Crippen LogP contribution in [0.1, 0.15) is 51.8 Å². The predicted molar refractivity (Wildman–Crippen MR) is 121 cm³/mol. The summed E-state index contributed by atoms with van der Waals surface area (Å²) in [6.45, 7) is 0.813. The third kappa shape index (κ3) is 4.51. The first-order chi connectivity index (χ1) is 16.1. The molecule has 5 rings (SSSR count). The molecule has 0 bridgehead atoms. The number of hydrogen-bond acceptors (Lipinski definition) is 8. The highest BCUT2D eigenvalue weighted by molar-refractivity contribution is 7.12. The lowest BCUT2D eigenvalue weighted by molar-refractivity contribution is 0.0882. The first kappa shape index (κ1) is 21.7. The van der Waals surface area contributed by atoms with Gasteiger partial charge < -0.3 is 25.2 Å². The molecule has 0 spiro atoms. The molecule has 33 heavy (non-hydrogen) atoms. The molecule has 10 nitrogen and oxygen atoms in total. The molecule has 1 aliphatic carbocycles. The van der Waals surface area contributed by atoms with E-state index in [4.69, 9.17) is 9.47 Å². The molecule has 4 heterocycles. The molecular weight excluding hydrogens is 446 g/mol. The lowest BCUT2D eigenvalue weighted by Crippen LogP contribution is -2.40. The van der Waals surface area contributed by atoms with Crippen LogP contribution in [-0.2, 0) is 0 Å². The number of nitrogens with one attached hydrogen (secondary N) is 2. The smallest absolute Gasteiger partial charge is 0.265 e. The third-order valence-corrected chi connectivity index (χ3v) is 6.81. The standard InChI is InChI=1S/C22H25N5O5S/c28-16(11-25-22(30)19-18-17(12-33-19)31-5-6-32-18)10-24-21(29)14-7-13-9-26-27(20(13)23-8-14)15-3-1-2-4-15/h7-9,12,15-16,28H,1-6,10-11H2,(H,24,29)(H,25,30). The van der Waals surface area contributed by atoms with E-state index in [9.17, 15) is 14.7 Å². The van der Waals surface area contributed by atoms with Gasteiger partial charge in [0.15, 0.2) is 17.1 Å². The number of ether oxygens (including phenoxy) is 2. The van der Waals surface area contributed by atoms with Gasteiger partial charge in [-0.3, -0.25) is 9.59 Å². The van der Waals surface area contributed by atoms with E-state index >= 15 is 0 Å². The highest BCUT2D eigenvalue weighted by Gasteiger charge is 2.24. The number of aliphatic hydroxyl groups excluding tert-OH is 1. The zero-order valence-electron chi connectivity index (χ0n) is 18.0. The fraction of sp³-hybridized carbons (Fsp3) is 0.455. The van der Waals surface area contributed by atoms with Gasteiger partial charge in [0.25, 0.3) is 11.8 Å². The van der Waals surface area contributed by atoms with Gasteiger partial charge in [-0.15, -0.1) is 11.3 Å². The van der Waals surface area contributed by atoms with Crippen LogP contribution < -0.4 is 20.1 Å². The number of fused-ring (bicyclic) bond motifs is 2. The van der Waals surface area contributed by atoms with Crippen LogP contribution in [0.25, 0.3) is 11.0 Å². The van der Waals surface area contributed by atoms with E-state index in [1.807, 2.05) is 4.68 Å². The van der Waals surface area contributed by atoms with E-state index in [1.165, 1.54) is 30.4 Å². The highest BCUT2D eigenvalue weighted by Crippen LogP contribution is 2.39. The maximum Gasteiger partial charge on any atom is 0.265 e. The Hall–Kier alpha value is -3.18. The Morgan fingerprint density at radius 1 is 1.15 bits per heavy atom. The normalized spacial score (nSPS) is 16.6. The molecule has 1 atom stereocenters. The molecule has 0 saturated heterocycles. The molecule has 3 N–H and O–H groups in total. The Morgan fingerprint density at radius 2 is 1.91 bits per heavy atom. The van der Waals surface area contributed by atoms with E-state index in [0.29, 0.717) is 41.2 Å². The molecule has 2 aliphatic rings. The number of carbonyl (C=O) groups excluding carboxylic acids is 2. The van der Waals surface area contributed by atoms with Gasteiger partial charge >= 0.3 is 0 Å². The van der Waals surface area contributed by atoms with Gasteiger partial charge in [0.1, 0.15) is 18.1 Å². The Balaban J connectivity index is 1.13. The fourth-order valence-electron chi connectivity index (χ4n) is 4.18. The number of aromatic nitrogens is 3. The summed E-state index contributed by atoms with van der Waals surface area (Å²) in [7, 11) is 0. The second-order valence-electron chi connectivity index (χ2n) is 8.19. The van der Waals surface area contributed by atoms with Crippen molar-refractivity contribution in [1.82, 2.24) is 25.4 Å². The van der Waals surface area contributed by atoms with Crippen molar-refractivity contribution in [2.45, 2.75) is 37.8 Å². The molecule has 0 radical (unpaired) electrons. The van der Waals surface area contributed by atoms with Gasteiger partial charge in [0.05, 0.1) is 23.9 Å². The average molecular weight is 472 g/mol. The molecular formula is C22H25N5O5S.